The van der Waals surface area contributed by atoms with E-state index in [0.717, 1.165) is 5.92 Å². The second-order valence-corrected chi connectivity index (χ2v) is 4.37. The molecule has 1 aliphatic rings. The fourth-order valence-electron chi connectivity index (χ4n) is 2.87. The maximum Gasteiger partial charge on any atom is -0.0298 e. The normalized spacial score (nSPS) is 22.9. The van der Waals surface area contributed by atoms with Gasteiger partial charge in [-0.1, -0.05) is 46.5 Å². The SMILES string of the molecule is CCC(CC)C1(C)CCCC1. The lowest BCUT2D eigenvalue weighted by molar-refractivity contribution is 0.180. The van der Waals surface area contributed by atoms with Crippen molar-refractivity contribution in [2.75, 3.05) is 0 Å². The Morgan fingerprint density at radius 3 is 1.91 bits per heavy atom. The second-order valence-electron chi connectivity index (χ2n) is 4.37. The summed E-state index contributed by atoms with van der Waals surface area (Å²) in [7, 11) is 0. The van der Waals surface area contributed by atoms with Crippen LogP contribution >= 0.6 is 0 Å². The third-order valence-electron chi connectivity index (χ3n) is 3.72. The molecule has 0 saturated heterocycles. The molecule has 0 bridgehead atoms. The molecule has 11 heavy (non-hydrogen) atoms. The molecule has 1 aliphatic carbocycles. The highest BCUT2D eigenvalue weighted by Crippen LogP contribution is 2.46. The van der Waals surface area contributed by atoms with E-state index in [1.807, 2.05) is 0 Å². The van der Waals surface area contributed by atoms with Crippen molar-refractivity contribution in [2.24, 2.45) is 11.3 Å². The van der Waals surface area contributed by atoms with Gasteiger partial charge < -0.3 is 0 Å². The standard InChI is InChI=1S/C11H22/c1-4-10(5-2)11(3)8-6-7-9-11/h10H,4-9H2,1-3H3. The first-order valence-electron chi connectivity index (χ1n) is 5.23. The third-order valence-corrected chi connectivity index (χ3v) is 3.72. The van der Waals surface area contributed by atoms with Gasteiger partial charge in [0.15, 0.2) is 0 Å². The summed E-state index contributed by atoms with van der Waals surface area (Å²) < 4.78 is 0. The van der Waals surface area contributed by atoms with E-state index >= 15 is 0 Å². The van der Waals surface area contributed by atoms with Crippen LogP contribution in [0.4, 0.5) is 0 Å². The molecule has 0 aromatic carbocycles. The summed E-state index contributed by atoms with van der Waals surface area (Å²) in [5.74, 6) is 0.991. The molecule has 0 spiro atoms. The largest absolute Gasteiger partial charge is 0.0651 e. The van der Waals surface area contributed by atoms with Gasteiger partial charge in [-0.25, -0.2) is 0 Å². The minimum Gasteiger partial charge on any atom is -0.0651 e. The molecule has 0 heteroatoms. The Bertz CT molecular complexity index is 105. The van der Waals surface area contributed by atoms with E-state index in [2.05, 4.69) is 20.8 Å². The lowest BCUT2D eigenvalue weighted by atomic mass is 9.73. The van der Waals surface area contributed by atoms with Crippen molar-refractivity contribution in [3.8, 4) is 0 Å². The van der Waals surface area contributed by atoms with Crippen LogP contribution in [-0.2, 0) is 0 Å². The second kappa shape index (κ2) is 3.60. The molecule has 0 radical (unpaired) electrons. The molecule has 0 aromatic heterocycles. The summed E-state index contributed by atoms with van der Waals surface area (Å²) in [5.41, 5.74) is 0.712. The molecule has 0 nitrogen and oxygen atoms in total. The summed E-state index contributed by atoms with van der Waals surface area (Å²) in [5, 5.41) is 0. The zero-order valence-corrected chi connectivity index (χ0v) is 8.32. The van der Waals surface area contributed by atoms with Crippen molar-refractivity contribution >= 4 is 0 Å². The van der Waals surface area contributed by atoms with E-state index in [-0.39, 0.29) is 0 Å². The molecule has 0 N–H and O–H groups in total. The summed E-state index contributed by atoms with van der Waals surface area (Å²) in [6, 6.07) is 0. The van der Waals surface area contributed by atoms with Gasteiger partial charge in [0.2, 0.25) is 0 Å². The van der Waals surface area contributed by atoms with Crippen molar-refractivity contribution < 1.29 is 0 Å². The van der Waals surface area contributed by atoms with Gasteiger partial charge in [0, 0.05) is 0 Å². The monoisotopic (exact) mass is 154 g/mol. The van der Waals surface area contributed by atoms with Crippen molar-refractivity contribution in [1.29, 1.82) is 0 Å². The Kier molecular flexibility index (Phi) is 2.98. The summed E-state index contributed by atoms with van der Waals surface area (Å²) in [6.07, 6.45) is 8.69. The topological polar surface area (TPSA) is 0 Å². The Balaban J connectivity index is 2.53. The highest BCUT2D eigenvalue weighted by molar-refractivity contribution is 4.85. The zero-order chi connectivity index (χ0) is 8.32. The molecule has 0 atom stereocenters. The molecule has 0 aliphatic heterocycles. The zero-order valence-electron chi connectivity index (χ0n) is 8.32. The molecule has 1 rings (SSSR count). The van der Waals surface area contributed by atoms with Gasteiger partial charge in [-0.15, -0.1) is 0 Å². The maximum absolute atomic E-state index is 2.50. The Morgan fingerprint density at radius 1 is 1.09 bits per heavy atom. The van der Waals surface area contributed by atoms with E-state index in [0.29, 0.717) is 5.41 Å². The van der Waals surface area contributed by atoms with Crippen molar-refractivity contribution in [1.82, 2.24) is 0 Å². The van der Waals surface area contributed by atoms with Crippen molar-refractivity contribution in [3.05, 3.63) is 0 Å². The van der Waals surface area contributed by atoms with Crippen LogP contribution < -0.4 is 0 Å². The predicted octanol–water partition coefficient (Wildman–Crippen LogP) is 4.00. The van der Waals surface area contributed by atoms with E-state index < -0.39 is 0 Å². The molecule has 0 amide bonds. The third kappa shape index (κ3) is 1.77. The lowest BCUT2D eigenvalue weighted by Crippen LogP contribution is -2.22. The molecule has 0 aromatic rings. The Hall–Kier alpha value is 0. The van der Waals surface area contributed by atoms with Gasteiger partial charge in [-0.2, -0.15) is 0 Å². The molecule has 66 valence electrons. The average molecular weight is 154 g/mol. The van der Waals surface area contributed by atoms with Gasteiger partial charge in [0.25, 0.3) is 0 Å². The molecule has 1 fully saturated rings. The average Bonchev–Trinajstić information content (AvgIpc) is 2.39. The minimum atomic E-state index is 0.712. The van der Waals surface area contributed by atoms with Gasteiger partial charge in [-0.05, 0) is 24.2 Å². The molecule has 1 saturated carbocycles. The van der Waals surface area contributed by atoms with Crippen LogP contribution in [0, 0.1) is 11.3 Å². The van der Waals surface area contributed by atoms with Gasteiger partial charge >= 0.3 is 0 Å². The molecular formula is C11H22. The Labute approximate surface area is 71.4 Å². The van der Waals surface area contributed by atoms with Crippen LogP contribution in [0.3, 0.4) is 0 Å². The van der Waals surface area contributed by atoms with E-state index in [9.17, 15) is 0 Å². The Morgan fingerprint density at radius 2 is 1.55 bits per heavy atom. The predicted molar refractivity (Wildman–Crippen MR) is 50.6 cm³/mol. The van der Waals surface area contributed by atoms with Crippen LogP contribution in [0.1, 0.15) is 59.3 Å². The van der Waals surface area contributed by atoms with E-state index in [4.69, 9.17) is 0 Å². The first-order chi connectivity index (χ1) is 5.23. The highest BCUT2D eigenvalue weighted by atomic mass is 14.4. The fourth-order valence-corrected chi connectivity index (χ4v) is 2.87. The summed E-state index contributed by atoms with van der Waals surface area (Å²) >= 11 is 0. The minimum absolute atomic E-state index is 0.712. The molecule has 0 heterocycles. The number of hydrogen-bond donors (Lipinski definition) is 0. The maximum atomic E-state index is 2.50. The van der Waals surface area contributed by atoms with Crippen LogP contribution in [0.25, 0.3) is 0 Å². The molecular weight excluding hydrogens is 132 g/mol. The van der Waals surface area contributed by atoms with Gasteiger partial charge in [0.05, 0.1) is 0 Å². The highest BCUT2D eigenvalue weighted by Gasteiger charge is 2.34. The number of hydrogen-bond acceptors (Lipinski definition) is 0. The summed E-state index contributed by atoms with van der Waals surface area (Å²) in [6.45, 7) is 7.19. The van der Waals surface area contributed by atoms with Crippen LogP contribution in [0.15, 0.2) is 0 Å². The van der Waals surface area contributed by atoms with Gasteiger partial charge in [-0.3, -0.25) is 0 Å². The quantitative estimate of drug-likeness (QED) is 0.576. The first kappa shape index (κ1) is 9.09. The van der Waals surface area contributed by atoms with Crippen molar-refractivity contribution in [3.63, 3.8) is 0 Å². The lowest BCUT2D eigenvalue weighted by Gasteiger charge is -2.32. The van der Waals surface area contributed by atoms with Crippen LogP contribution in [0.5, 0.6) is 0 Å². The molecule has 0 unspecified atom stereocenters. The van der Waals surface area contributed by atoms with E-state index in [1.54, 1.807) is 0 Å². The summed E-state index contributed by atoms with van der Waals surface area (Å²) in [4.78, 5) is 0. The van der Waals surface area contributed by atoms with Crippen LogP contribution in [0.2, 0.25) is 0 Å². The fraction of sp³-hybridized carbons (Fsp3) is 1.00. The van der Waals surface area contributed by atoms with Gasteiger partial charge in [0.1, 0.15) is 0 Å². The van der Waals surface area contributed by atoms with E-state index in [1.165, 1.54) is 38.5 Å². The smallest absolute Gasteiger partial charge is 0.0298 e. The van der Waals surface area contributed by atoms with Crippen LogP contribution in [-0.4, -0.2) is 0 Å². The number of rotatable bonds is 3. The van der Waals surface area contributed by atoms with Crippen molar-refractivity contribution in [2.45, 2.75) is 59.3 Å². The first-order valence-corrected chi connectivity index (χ1v) is 5.23.